The van der Waals surface area contributed by atoms with Gasteiger partial charge in [0.2, 0.25) is 0 Å². The van der Waals surface area contributed by atoms with E-state index in [4.69, 9.17) is 5.11 Å². The number of piperidine rings is 1. The van der Waals surface area contributed by atoms with Crippen molar-refractivity contribution in [3.8, 4) is 0 Å². The van der Waals surface area contributed by atoms with E-state index in [1.165, 1.54) is 6.07 Å². The fraction of sp³-hybridized carbons (Fsp3) is 0.500. The lowest BCUT2D eigenvalue weighted by molar-refractivity contribution is 0.0690. The van der Waals surface area contributed by atoms with E-state index in [1.807, 2.05) is 4.68 Å². The average Bonchev–Trinajstić information content (AvgIpc) is 2.90. The molecule has 0 radical (unpaired) electrons. The van der Waals surface area contributed by atoms with Gasteiger partial charge in [-0.15, -0.1) is 0 Å². The molecule has 1 N–H and O–H groups in total. The van der Waals surface area contributed by atoms with Crippen LogP contribution in [0, 0.1) is 0 Å². The van der Waals surface area contributed by atoms with Crippen LogP contribution in [0.2, 0.25) is 0 Å². The maximum absolute atomic E-state index is 11.0. The molecule has 1 fully saturated rings. The highest BCUT2D eigenvalue weighted by molar-refractivity contribution is 5.88. The Labute approximate surface area is 117 Å². The molecule has 2 aromatic rings. The summed E-state index contributed by atoms with van der Waals surface area (Å²) in [6.07, 6.45) is 3.83. The van der Waals surface area contributed by atoms with Crippen molar-refractivity contribution in [3.05, 3.63) is 24.0 Å². The summed E-state index contributed by atoms with van der Waals surface area (Å²) >= 11 is 0. The molecule has 3 heterocycles. The molecule has 0 saturated carbocycles. The summed E-state index contributed by atoms with van der Waals surface area (Å²) < 4.78 is 1.90. The lowest BCUT2D eigenvalue weighted by Crippen LogP contribution is -2.34. The van der Waals surface area contributed by atoms with Crippen molar-refractivity contribution < 1.29 is 9.90 Å². The van der Waals surface area contributed by atoms with Gasteiger partial charge in [-0.2, -0.15) is 5.10 Å². The number of hydrogen-bond acceptors (Lipinski definition) is 4. The third kappa shape index (κ3) is 2.27. The van der Waals surface area contributed by atoms with Crippen molar-refractivity contribution >= 4 is 17.0 Å². The highest BCUT2D eigenvalue weighted by Crippen LogP contribution is 2.25. The van der Waals surface area contributed by atoms with Crippen molar-refractivity contribution in [1.29, 1.82) is 0 Å². The zero-order valence-electron chi connectivity index (χ0n) is 11.5. The number of aromatic nitrogens is 3. The van der Waals surface area contributed by atoms with Crippen LogP contribution in [0.3, 0.4) is 0 Å². The first-order valence-electron chi connectivity index (χ1n) is 6.99. The zero-order valence-corrected chi connectivity index (χ0v) is 11.5. The fourth-order valence-electron chi connectivity index (χ4n) is 2.79. The monoisotopic (exact) mass is 274 g/mol. The van der Waals surface area contributed by atoms with E-state index in [9.17, 15) is 4.79 Å². The molecule has 0 atom stereocenters. The number of likely N-dealkylation sites (tertiary alicyclic amines) is 1. The molecule has 106 valence electrons. The van der Waals surface area contributed by atoms with Gasteiger partial charge >= 0.3 is 5.97 Å². The summed E-state index contributed by atoms with van der Waals surface area (Å²) in [6.45, 7) is 5.36. The number of fused-ring (bicyclic) bond motifs is 1. The van der Waals surface area contributed by atoms with Crippen LogP contribution in [0.15, 0.2) is 18.3 Å². The highest BCUT2D eigenvalue weighted by atomic mass is 16.4. The molecule has 1 saturated heterocycles. The van der Waals surface area contributed by atoms with Gasteiger partial charge in [-0.25, -0.2) is 14.5 Å². The minimum Gasteiger partial charge on any atom is -0.477 e. The zero-order chi connectivity index (χ0) is 14.1. The molecule has 0 spiro atoms. The van der Waals surface area contributed by atoms with E-state index in [-0.39, 0.29) is 5.69 Å². The van der Waals surface area contributed by atoms with Crippen LogP contribution >= 0.6 is 0 Å². The summed E-state index contributed by atoms with van der Waals surface area (Å²) in [5.41, 5.74) is 0.755. The van der Waals surface area contributed by atoms with Crippen molar-refractivity contribution in [2.24, 2.45) is 0 Å². The smallest absolute Gasteiger partial charge is 0.354 e. The van der Waals surface area contributed by atoms with E-state index >= 15 is 0 Å². The molecule has 0 amide bonds. The van der Waals surface area contributed by atoms with E-state index < -0.39 is 5.97 Å². The topological polar surface area (TPSA) is 71.2 Å². The van der Waals surface area contributed by atoms with Crippen molar-refractivity contribution in [2.45, 2.75) is 25.8 Å². The van der Waals surface area contributed by atoms with Crippen LogP contribution < -0.4 is 0 Å². The molecule has 1 aliphatic rings. The summed E-state index contributed by atoms with van der Waals surface area (Å²) in [4.78, 5) is 17.7. The molecule has 6 nitrogen and oxygen atoms in total. The fourth-order valence-corrected chi connectivity index (χ4v) is 2.79. The summed E-state index contributed by atoms with van der Waals surface area (Å²) in [5, 5.41) is 14.4. The molecule has 20 heavy (non-hydrogen) atoms. The Morgan fingerprint density at radius 2 is 2.15 bits per heavy atom. The molecule has 0 aromatic carbocycles. The molecule has 0 bridgehead atoms. The first-order valence-corrected chi connectivity index (χ1v) is 6.99. The highest BCUT2D eigenvalue weighted by Gasteiger charge is 2.22. The molecule has 0 aliphatic carbocycles. The Hall–Kier alpha value is -1.95. The largest absolute Gasteiger partial charge is 0.477 e. The van der Waals surface area contributed by atoms with Crippen molar-refractivity contribution in [2.75, 3.05) is 19.6 Å². The van der Waals surface area contributed by atoms with Crippen LogP contribution in [0.25, 0.3) is 11.0 Å². The van der Waals surface area contributed by atoms with Gasteiger partial charge < -0.3 is 10.0 Å². The second-order valence-electron chi connectivity index (χ2n) is 5.17. The van der Waals surface area contributed by atoms with Gasteiger partial charge in [-0.1, -0.05) is 6.92 Å². The van der Waals surface area contributed by atoms with Crippen molar-refractivity contribution in [1.82, 2.24) is 19.7 Å². The van der Waals surface area contributed by atoms with Gasteiger partial charge in [0.15, 0.2) is 11.3 Å². The number of pyridine rings is 1. The number of aromatic carboxylic acids is 1. The Balaban J connectivity index is 1.91. The standard InChI is InChI=1S/C14H18N4O2/c1-2-17-7-5-11(6-8-17)18-13-10(9-15-18)3-4-12(16-13)14(19)20/h3-4,9,11H,2,5-8H2,1H3,(H,19,20). The number of carboxylic acid groups (broad SMARTS) is 1. The van der Waals surface area contributed by atoms with Gasteiger partial charge in [0, 0.05) is 18.5 Å². The quantitative estimate of drug-likeness (QED) is 0.923. The van der Waals surface area contributed by atoms with E-state index in [2.05, 4.69) is 21.9 Å². The maximum Gasteiger partial charge on any atom is 0.354 e. The SMILES string of the molecule is CCN1CCC(n2ncc3ccc(C(=O)O)nc32)CC1. The van der Waals surface area contributed by atoms with Crippen LogP contribution in [-0.2, 0) is 0 Å². The minimum atomic E-state index is -1.000. The Bertz CT molecular complexity index is 629. The molecule has 0 unspecified atom stereocenters. The normalized spacial score (nSPS) is 17.6. The number of carboxylic acids is 1. The molecule has 2 aromatic heterocycles. The summed E-state index contributed by atoms with van der Waals surface area (Å²) in [5.74, 6) is -1.000. The van der Waals surface area contributed by atoms with Crippen molar-refractivity contribution in [3.63, 3.8) is 0 Å². The lowest BCUT2D eigenvalue weighted by atomic mass is 10.1. The first kappa shape index (κ1) is 13.1. The number of rotatable bonds is 3. The minimum absolute atomic E-state index is 0.0743. The van der Waals surface area contributed by atoms with Gasteiger partial charge in [-0.05, 0) is 31.5 Å². The van der Waals surface area contributed by atoms with E-state index in [1.54, 1.807) is 12.3 Å². The molecular formula is C14H18N4O2. The Kier molecular flexibility index (Phi) is 3.40. The third-order valence-electron chi connectivity index (χ3n) is 4.01. The predicted molar refractivity (Wildman–Crippen MR) is 74.9 cm³/mol. The van der Waals surface area contributed by atoms with E-state index in [0.717, 1.165) is 37.9 Å². The summed E-state index contributed by atoms with van der Waals surface area (Å²) in [6, 6.07) is 3.61. The van der Waals surface area contributed by atoms with Crippen LogP contribution in [0.4, 0.5) is 0 Å². The number of nitrogens with zero attached hydrogens (tertiary/aromatic N) is 4. The summed E-state index contributed by atoms with van der Waals surface area (Å²) in [7, 11) is 0. The maximum atomic E-state index is 11.0. The Morgan fingerprint density at radius 3 is 2.80 bits per heavy atom. The molecule has 6 heteroatoms. The molecule has 1 aliphatic heterocycles. The third-order valence-corrected chi connectivity index (χ3v) is 4.01. The van der Waals surface area contributed by atoms with Gasteiger partial charge in [0.05, 0.1) is 12.2 Å². The second kappa shape index (κ2) is 5.20. The van der Waals surface area contributed by atoms with E-state index in [0.29, 0.717) is 11.7 Å². The second-order valence-corrected chi connectivity index (χ2v) is 5.17. The molecule has 3 rings (SSSR count). The number of carbonyl (C=O) groups is 1. The Morgan fingerprint density at radius 1 is 1.40 bits per heavy atom. The van der Waals surface area contributed by atoms with Crippen LogP contribution in [0.1, 0.15) is 36.3 Å². The molecular weight excluding hydrogens is 256 g/mol. The van der Waals surface area contributed by atoms with Gasteiger partial charge in [0.1, 0.15) is 0 Å². The van der Waals surface area contributed by atoms with Crippen LogP contribution in [0.5, 0.6) is 0 Å². The predicted octanol–water partition coefficient (Wildman–Crippen LogP) is 1.79. The lowest BCUT2D eigenvalue weighted by Gasteiger charge is -2.31. The average molecular weight is 274 g/mol. The van der Waals surface area contributed by atoms with Crippen LogP contribution in [-0.4, -0.2) is 50.4 Å². The van der Waals surface area contributed by atoms with Gasteiger partial charge in [-0.3, -0.25) is 0 Å². The van der Waals surface area contributed by atoms with Gasteiger partial charge in [0.25, 0.3) is 0 Å². The first-order chi connectivity index (χ1) is 9.69. The number of hydrogen-bond donors (Lipinski definition) is 1.